The van der Waals surface area contributed by atoms with E-state index < -0.39 is 27.9 Å². The maximum Gasteiger partial charge on any atom is 0.249 e. The molecule has 1 saturated carbocycles. The molecule has 0 heterocycles. The molecule has 230 valence electrons. The summed E-state index contributed by atoms with van der Waals surface area (Å²) in [7, 11) is -0.706. The zero-order valence-electron chi connectivity index (χ0n) is 25.0. The summed E-state index contributed by atoms with van der Waals surface area (Å²) in [5.74, 6) is 0.357. The molecule has 2 aromatic carbocycles. The van der Waals surface area contributed by atoms with Crippen molar-refractivity contribution in [2.45, 2.75) is 82.7 Å². The van der Waals surface area contributed by atoms with Crippen LogP contribution in [-0.2, 0) is 26.0 Å². The summed E-state index contributed by atoms with van der Waals surface area (Å²) in [4.78, 5) is 30.8. The molecule has 0 bridgehead atoms. The number of aryl methyl sites for hydroxylation is 1. The van der Waals surface area contributed by atoms with E-state index in [1.54, 1.807) is 45.0 Å². The lowest BCUT2D eigenvalue weighted by atomic mass is 9.84. The van der Waals surface area contributed by atoms with Crippen LogP contribution in [-0.4, -0.2) is 52.5 Å². The molecule has 0 aromatic heterocycles. The van der Waals surface area contributed by atoms with Crippen molar-refractivity contribution in [2.24, 2.45) is 16.6 Å². The highest BCUT2D eigenvalue weighted by Crippen LogP contribution is 2.30. The number of nitrogens with zero attached hydrogens (tertiary/aromatic N) is 1. The second kappa shape index (κ2) is 15.0. The van der Waals surface area contributed by atoms with Crippen molar-refractivity contribution < 1.29 is 27.5 Å². The van der Waals surface area contributed by atoms with E-state index in [9.17, 15) is 18.0 Å². The van der Waals surface area contributed by atoms with Gasteiger partial charge in [0.15, 0.2) is 17.5 Å². The Morgan fingerprint density at radius 2 is 1.71 bits per heavy atom. The Hall–Kier alpha value is -3.64. The van der Waals surface area contributed by atoms with Gasteiger partial charge in [0, 0.05) is 11.7 Å². The van der Waals surface area contributed by atoms with E-state index in [4.69, 9.17) is 15.2 Å². The Morgan fingerprint density at radius 1 is 1.02 bits per heavy atom. The molecule has 0 radical (unpaired) electrons. The van der Waals surface area contributed by atoms with Gasteiger partial charge in [0.05, 0.1) is 25.5 Å². The molecule has 12 heteroatoms. The molecule has 42 heavy (non-hydrogen) atoms. The van der Waals surface area contributed by atoms with Gasteiger partial charge in [-0.1, -0.05) is 44.2 Å². The number of ether oxygens (including phenoxy) is 2. The fourth-order valence-electron chi connectivity index (χ4n) is 5.02. The Labute approximate surface area is 248 Å². The average Bonchev–Trinajstić information content (AvgIpc) is 2.93. The number of hydrogen-bond acceptors (Lipinski definition) is 7. The Balaban J connectivity index is 1.78. The summed E-state index contributed by atoms with van der Waals surface area (Å²) in [6.07, 6.45) is 5.78. The van der Waals surface area contributed by atoms with Crippen molar-refractivity contribution in [2.75, 3.05) is 19.5 Å². The van der Waals surface area contributed by atoms with Crippen LogP contribution in [0.5, 0.6) is 11.5 Å². The molecular formula is C30H43N5O6S. The van der Waals surface area contributed by atoms with Crippen molar-refractivity contribution >= 4 is 33.5 Å². The SMILES string of the molecule is COc1ccc(CC(=O)NC(N)=N[C@H](CC2CCCCC2)C(=O)Nc2cc(S(=O)(=O)NC(C)C)ccc2C)cc1OC. The van der Waals surface area contributed by atoms with E-state index >= 15 is 0 Å². The number of benzene rings is 2. The van der Waals surface area contributed by atoms with E-state index in [0.717, 1.165) is 32.1 Å². The number of anilines is 1. The van der Waals surface area contributed by atoms with Crippen molar-refractivity contribution in [3.8, 4) is 11.5 Å². The van der Waals surface area contributed by atoms with Crippen LogP contribution in [0.3, 0.4) is 0 Å². The van der Waals surface area contributed by atoms with Crippen LogP contribution in [0.25, 0.3) is 0 Å². The van der Waals surface area contributed by atoms with E-state index in [1.807, 2.05) is 0 Å². The minimum Gasteiger partial charge on any atom is -0.493 e. The van der Waals surface area contributed by atoms with E-state index in [-0.39, 0.29) is 29.2 Å². The molecule has 0 spiro atoms. The van der Waals surface area contributed by atoms with Crippen LogP contribution in [0.1, 0.15) is 63.5 Å². The molecule has 0 unspecified atom stereocenters. The zero-order valence-corrected chi connectivity index (χ0v) is 25.8. The first-order valence-corrected chi connectivity index (χ1v) is 15.7. The molecule has 5 N–H and O–H groups in total. The van der Waals surface area contributed by atoms with E-state index in [1.165, 1.54) is 26.4 Å². The van der Waals surface area contributed by atoms with Gasteiger partial charge in [0.1, 0.15) is 6.04 Å². The lowest BCUT2D eigenvalue weighted by molar-refractivity contribution is -0.119. The van der Waals surface area contributed by atoms with Gasteiger partial charge >= 0.3 is 0 Å². The molecule has 1 aliphatic rings. The highest BCUT2D eigenvalue weighted by molar-refractivity contribution is 7.89. The maximum absolute atomic E-state index is 13.5. The number of nitrogens with one attached hydrogen (secondary N) is 3. The lowest BCUT2D eigenvalue weighted by Crippen LogP contribution is -2.40. The predicted octanol–water partition coefficient (Wildman–Crippen LogP) is 3.65. The van der Waals surface area contributed by atoms with Crippen LogP contribution in [0.15, 0.2) is 46.3 Å². The number of hydrogen-bond donors (Lipinski definition) is 4. The minimum absolute atomic E-state index is 0.0148. The summed E-state index contributed by atoms with van der Waals surface area (Å²) in [6.45, 7) is 5.25. The third kappa shape index (κ3) is 9.45. The first kappa shape index (κ1) is 32.9. The number of methoxy groups -OCH3 is 2. The smallest absolute Gasteiger partial charge is 0.249 e. The number of guanidine groups is 1. The van der Waals surface area contributed by atoms with Gasteiger partial charge in [0.2, 0.25) is 21.8 Å². The molecule has 11 nitrogen and oxygen atoms in total. The number of nitrogens with two attached hydrogens (primary N) is 1. The normalized spacial score (nSPS) is 15.2. The number of carbonyl (C=O) groups excluding carboxylic acids is 2. The molecule has 2 aromatic rings. The second-order valence-corrected chi connectivity index (χ2v) is 12.6. The van der Waals surface area contributed by atoms with Crippen LogP contribution in [0.4, 0.5) is 5.69 Å². The summed E-state index contributed by atoms with van der Waals surface area (Å²) < 4.78 is 38.5. The van der Waals surface area contributed by atoms with Gasteiger partial charge in [-0.05, 0) is 68.5 Å². The largest absolute Gasteiger partial charge is 0.493 e. The third-order valence-electron chi connectivity index (χ3n) is 7.13. The quantitative estimate of drug-likeness (QED) is 0.213. The predicted molar refractivity (Wildman–Crippen MR) is 163 cm³/mol. The van der Waals surface area contributed by atoms with Crippen LogP contribution >= 0.6 is 0 Å². The average molecular weight is 602 g/mol. The lowest BCUT2D eigenvalue weighted by Gasteiger charge is -2.25. The Kier molecular flexibility index (Phi) is 11.7. The number of sulfonamides is 1. The van der Waals surface area contributed by atoms with Crippen LogP contribution < -0.4 is 30.6 Å². The van der Waals surface area contributed by atoms with Crippen LogP contribution in [0, 0.1) is 12.8 Å². The third-order valence-corrected chi connectivity index (χ3v) is 8.78. The number of amides is 2. The maximum atomic E-state index is 13.5. The van der Waals surface area contributed by atoms with Crippen molar-refractivity contribution in [3.63, 3.8) is 0 Å². The van der Waals surface area contributed by atoms with Gasteiger partial charge in [-0.3, -0.25) is 14.9 Å². The van der Waals surface area contributed by atoms with Crippen molar-refractivity contribution in [1.29, 1.82) is 0 Å². The number of rotatable bonds is 12. The van der Waals surface area contributed by atoms with Gasteiger partial charge < -0.3 is 20.5 Å². The van der Waals surface area contributed by atoms with Gasteiger partial charge in [0.25, 0.3) is 0 Å². The molecule has 1 atom stereocenters. The highest BCUT2D eigenvalue weighted by atomic mass is 32.2. The van der Waals surface area contributed by atoms with Gasteiger partial charge in [-0.25, -0.2) is 18.1 Å². The molecule has 0 aliphatic heterocycles. The van der Waals surface area contributed by atoms with Gasteiger partial charge in [-0.2, -0.15) is 0 Å². The first-order valence-electron chi connectivity index (χ1n) is 14.2. The summed E-state index contributed by atoms with van der Waals surface area (Å²) >= 11 is 0. The minimum atomic E-state index is -3.76. The highest BCUT2D eigenvalue weighted by Gasteiger charge is 2.26. The fourth-order valence-corrected chi connectivity index (χ4v) is 6.29. The summed E-state index contributed by atoms with van der Waals surface area (Å²) in [5.41, 5.74) is 7.88. The number of carbonyl (C=O) groups is 2. The van der Waals surface area contributed by atoms with Gasteiger partial charge in [-0.15, -0.1) is 0 Å². The topological polar surface area (TPSA) is 161 Å². The van der Waals surface area contributed by atoms with Crippen LogP contribution in [0.2, 0.25) is 0 Å². The van der Waals surface area contributed by atoms with E-state index in [0.29, 0.717) is 34.7 Å². The number of aliphatic imine (C=N–C) groups is 1. The molecule has 1 fully saturated rings. The molecule has 2 amide bonds. The zero-order chi connectivity index (χ0) is 30.9. The van der Waals surface area contributed by atoms with Crippen molar-refractivity contribution in [1.82, 2.24) is 10.0 Å². The molecule has 0 saturated heterocycles. The second-order valence-electron chi connectivity index (χ2n) is 10.9. The molecule has 3 rings (SSSR count). The monoisotopic (exact) mass is 601 g/mol. The Bertz CT molecular complexity index is 1390. The standard InChI is InChI=1S/C30H43N5O6S/c1-19(2)35-42(38,39)23-13-11-20(3)24(18-23)32-29(37)25(15-21-9-7-6-8-10-21)33-30(31)34-28(36)17-22-12-14-26(40-4)27(16-22)41-5/h11-14,16,18-19,21,25,35H,6-10,15,17H2,1-5H3,(H,32,37)(H3,31,33,34,36)/t25-/m1/s1. The molecule has 1 aliphatic carbocycles. The van der Waals surface area contributed by atoms with E-state index in [2.05, 4.69) is 20.3 Å². The summed E-state index contributed by atoms with van der Waals surface area (Å²) in [5, 5.41) is 5.44. The molecular weight excluding hydrogens is 558 g/mol. The van der Waals surface area contributed by atoms with Crippen molar-refractivity contribution in [3.05, 3.63) is 47.5 Å². The first-order chi connectivity index (χ1) is 19.9. The Morgan fingerprint density at radius 3 is 2.36 bits per heavy atom. The summed E-state index contributed by atoms with van der Waals surface area (Å²) in [6, 6.07) is 8.60. The fraction of sp³-hybridized carbons (Fsp3) is 0.500.